The number of rotatable bonds is 11. The van der Waals surface area contributed by atoms with Crippen LogP contribution in [0.15, 0.2) is 85.1 Å². The summed E-state index contributed by atoms with van der Waals surface area (Å²) in [6, 6.07) is 22.2. The zero-order valence-electron chi connectivity index (χ0n) is 23.1. The molecule has 0 aliphatic carbocycles. The summed E-state index contributed by atoms with van der Waals surface area (Å²) < 4.78 is 25.2. The molecule has 3 N–H and O–H groups in total. The molecule has 2 amide bonds. The van der Waals surface area contributed by atoms with Gasteiger partial charge in [-0.3, -0.25) is 9.59 Å². The second-order valence-electron chi connectivity index (χ2n) is 9.37. The number of nitrogens with one attached hydrogen (secondary N) is 3. The molecule has 0 aliphatic rings. The Morgan fingerprint density at radius 1 is 0.929 bits per heavy atom. The van der Waals surface area contributed by atoms with E-state index in [0.29, 0.717) is 47.4 Å². The fraction of sp³-hybridized carbons (Fsp3) is 0.161. The molecule has 5 rings (SSSR count). The van der Waals surface area contributed by atoms with Crippen LogP contribution in [0, 0.1) is 5.82 Å². The molecule has 11 heteroatoms. The molecule has 214 valence electrons. The van der Waals surface area contributed by atoms with Crippen LogP contribution in [0.5, 0.6) is 5.75 Å². The van der Waals surface area contributed by atoms with Gasteiger partial charge in [-0.15, -0.1) is 5.10 Å². The van der Waals surface area contributed by atoms with E-state index in [0.717, 1.165) is 16.7 Å². The molecule has 0 unspecified atom stereocenters. The Balaban J connectivity index is 1.25. The van der Waals surface area contributed by atoms with E-state index >= 15 is 0 Å². The maximum atomic E-state index is 13.1. The van der Waals surface area contributed by atoms with Gasteiger partial charge in [0.05, 0.1) is 25.8 Å². The van der Waals surface area contributed by atoms with Gasteiger partial charge in [-0.25, -0.2) is 8.91 Å². The van der Waals surface area contributed by atoms with Crippen LogP contribution >= 0.6 is 0 Å². The zero-order valence-corrected chi connectivity index (χ0v) is 23.1. The Bertz CT molecular complexity index is 1700. The van der Waals surface area contributed by atoms with Crippen molar-refractivity contribution < 1.29 is 23.5 Å². The average Bonchev–Trinajstić information content (AvgIpc) is 3.40. The normalized spacial score (nSPS) is 10.8. The first kappa shape index (κ1) is 28.2. The van der Waals surface area contributed by atoms with Crippen molar-refractivity contribution in [3.8, 4) is 16.9 Å². The number of carbonyl (C=O) groups excluding carboxylic acids is 2. The van der Waals surface area contributed by atoms with Crippen LogP contribution in [-0.4, -0.2) is 53.8 Å². The van der Waals surface area contributed by atoms with Gasteiger partial charge in [-0.1, -0.05) is 24.3 Å². The predicted octanol–water partition coefficient (Wildman–Crippen LogP) is 4.85. The van der Waals surface area contributed by atoms with Gasteiger partial charge in [-0.2, -0.15) is 4.98 Å². The molecule has 0 saturated heterocycles. The quantitative estimate of drug-likeness (QED) is 0.195. The molecule has 3 aromatic carbocycles. The highest BCUT2D eigenvalue weighted by molar-refractivity contribution is 5.95. The molecule has 0 fully saturated rings. The summed E-state index contributed by atoms with van der Waals surface area (Å²) in [5.41, 5.74) is 4.94. The molecule has 0 radical (unpaired) electrons. The van der Waals surface area contributed by atoms with Gasteiger partial charge >= 0.3 is 0 Å². The lowest BCUT2D eigenvalue weighted by atomic mass is 10.1. The summed E-state index contributed by atoms with van der Waals surface area (Å²) in [6.45, 7) is 0.831. The van der Waals surface area contributed by atoms with Gasteiger partial charge in [-0.05, 0) is 65.7 Å². The van der Waals surface area contributed by atoms with E-state index in [2.05, 4.69) is 26.0 Å². The number of methoxy groups -OCH3 is 2. The van der Waals surface area contributed by atoms with E-state index < -0.39 is 0 Å². The third-order valence-corrected chi connectivity index (χ3v) is 6.41. The van der Waals surface area contributed by atoms with Crippen LogP contribution in [0.2, 0.25) is 0 Å². The fourth-order valence-electron chi connectivity index (χ4n) is 4.27. The smallest absolute Gasteiger partial charge is 0.251 e. The summed E-state index contributed by atoms with van der Waals surface area (Å²) >= 11 is 0. The molecule has 0 bridgehead atoms. The lowest BCUT2D eigenvalue weighted by molar-refractivity contribution is -0.115. The fourth-order valence-corrected chi connectivity index (χ4v) is 4.27. The van der Waals surface area contributed by atoms with Crippen LogP contribution < -0.4 is 20.7 Å². The maximum Gasteiger partial charge on any atom is 0.251 e. The van der Waals surface area contributed by atoms with Gasteiger partial charge in [0.15, 0.2) is 5.65 Å². The van der Waals surface area contributed by atoms with Gasteiger partial charge in [0.1, 0.15) is 11.6 Å². The summed E-state index contributed by atoms with van der Waals surface area (Å²) in [6.07, 6.45) is 2.02. The third kappa shape index (κ3) is 6.88. The second kappa shape index (κ2) is 12.9. The van der Waals surface area contributed by atoms with Crippen LogP contribution in [0.3, 0.4) is 0 Å². The Hall–Kier alpha value is -5.29. The van der Waals surface area contributed by atoms with Crippen molar-refractivity contribution in [2.24, 2.45) is 0 Å². The monoisotopic (exact) mass is 568 g/mol. The number of hydrogen-bond acceptors (Lipinski definition) is 7. The molecule has 2 aromatic heterocycles. The molecular weight excluding hydrogens is 539 g/mol. The highest BCUT2D eigenvalue weighted by atomic mass is 19.1. The van der Waals surface area contributed by atoms with E-state index in [4.69, 9.17) is 9.47 Å². The van der Waals surface area contributed by atoms with Crippen molar-refractivity contribution in [1.82, 2.24) is 19.9 Å². The van der Waals surface area contributed by atoms with Crippen LogP contribution in [0.4, 0.5) is 21.7 Å². The maximum absolute atomic E-state index is 13.1. The number of aromatic nitrogens is 3. The van der Waals surface area contributed by atoms with Crippen molar-refractivity contribution >= 4 is 34.8 Å². The lowest BCUT2D eigenvalue weighted by Gasteiger charge is -2.11. The Morgan fingerprint density at radius 2 is 1.69 bits per heavy atom. The van der Waals surface area contributed by atoms with Crippen LogP contribution in [0.25, 0.3) is 16.8 Å². The summed E-state index contributed by atoms with van der Waals surface area (Å²) in [5.74, 6) is 0.0876. The van der Waals surface area contributed by atoms with E-state index in [1.165, 1.54) is 19.2 Å². The molecule has 0 atom stereocenters. The van der Waals surface area contributed by atoms with Crippen LogP contribution in [-0.2, 0) is 16.0 Å². The highest BCUT2D eigenvalue weighted by Gasteiger charge is 2.13. The minimum atomic E-state index is -0.335. The zero-order chi connectivity index (χ0) is 29.5. The third-order valence-electron chi connectivity index (χ3n) is 6.41. The number of anilines is 3. The highest BCUT2D eigenvalue weighted by Crippen LogP contribution is 2.28. The molecule has 42 heavy (non-hydrogen) atoms. The number of fused-ring (bicyclic) bond motifs is 1. The first-order valence-electron chi connectivity index (χ1n) is 13.1. The summed E-state index contributed by atoms with van der Waals surface area (Å²) in [4.78, 5) is 29.3. The van der Waals surface area contributed by atoms with E-state index in [1.807, 2.05) is 42.6 Å². The number of halogens is 1. The largest absolute Gasteiger partial charge is 0.495 e. The number of hydrogen-bond donors (Lipinski definition) is 3. The average molecular weight is 569 g/mol. The van der Waals surface area contributed by atoms with Gasteiger partial charge < -0.3 is 25.4 Å². The van der Waals surface area contributed by atoms with Crippen molar-refractivity contribution in [3.05, 3.63) is 102 Å². The van der Waals surface area contributed by atoms with Crippen molar-refractivity contribution in [2.45, 2.75) is 6.42 Å². The standard InChI is InChI=1S/C31H29FN6O4/c1-41-16-15-33-30(40)22-7-13-26(27(18-22)42-2)35-31-36-28-14-8-23(19-38(28)37-31)21-5-11-25(12-6-21)34-29(39)17-20-3-9-24(32)10-4-20/h3-14,18-19H,15-17H2,1-2H3,(H,33,40)(H,34,39)(H,35,37). The van der Waals surface area contributed by atoms with Crippen molar-refractivity contribution in [2.75, 3.05) is 38.0 Å². The Kier molecular flexibility index (Phi) is 8.69. The van der Waals surface area contributed by atoms with E-state index in [1.54, 1.807) is 42.0 Å². The number of amides is 2. The topological polar surface area (TPSA) is 119 Å². The molecule has 0 saturated carbocycles. The first-order valence-corrected chi connectivity index (χ1v) is 13.1. The van der Waals surface area contributed by atoms with Crippen molar-refractivity contribution in [3.63, 3.8) is 0 Å². The number of benzene rings is 3. The SMILES string of the molecule is COCCNC(=O)c1ccc(Nc2nc3ccc(-c4ccc(NC(=O)Cc5ccc(F)cc5)cc4)cn3n2)c(OC)c1. The van der Waals surface area contributed by atoms with E-state index in [9.17, 15) is 14.0 Å². The predicted molar refractivity (Wildman–Crippen MR) is 158 cm³/mol. The van der Waals surface area contributed by atoms with Gasteiger partial charge in [0.2, 0.25) is 11.9 Å². The van der Waals surface area contributed by atoms with E-state index in [-0.39, 0.29) is 24.1 Å². The summed E-state index contributed by atoms with van der Waals surface area (Å²) in [5, 5.41) is 13.3. The molecule has 0 spiro atoms. The Morgan fingerprint density at radius 3 is 2.43 bits per heavy atom. The van der Waals surface area contributed by atoms with Crippen LogP contribution in [0.1, 0.15) is 15.9 Å². The van der Waals surface area contributed by atoms with Gasteiger partial charge in [0.25, 0.3) is 5.91 Å². The molecule has 5 aromatic rings. The number of nitrogens with zero attached hydrogens (tertiary/aromatic N) is 3. The minimum Gasteiger partial charge on any atom is -0.495 e. The number of ether oxygens (including phenoxy) is 2. The number of carbonyl (C=O) groups is 2. The molecular formula is C31H29FN6O4. The lowest BCUT2D eigenvalue weighted by Crippen LogP contribution is -2.26. The Labute approximate surface area is 241 Å². The minimum absolute atomic E-state index is 0.154. The molecule has 0 aliphatic heterocycles. The number of pyridine rings is 1. The summed E-state index contributed by atoms with van der Waals surface area (Å²) in [7, 11) is 3.10. The first-order chi connectivity index (χ1) is 20.4. The van der Waals surface area contributed by atoms with Crippen molar-refractivity contribution in [1.29, 1.82) is 0 Å². The molecule has 10 nitrogen and oxygen atoms in total. The second-order valence-corrected chi connectivity index (χ2v) is 9.37. The van der Waals surface area contributed by atoms with Gasteiger partial charge in [0, 0.05) is 36.7 Å². The molecule has 2 heterocycles.